The van der Waals surface area contributed by atoms with Crippen LogP contribution in [-0.4, -0.2) is 43.1 Å². The van der Waals surface area contributed by atoms with Crippen molar-refractivity contribution in [2.24, 2.45) is 4.99 Å². The second-order valence-corrected chi connectivity index (χ2v) is 6.86. The zero-order valence-electron chi connectivity index (χ0n) is 12.8. The first-order valence-electron chi connectivity index (χ1n) is 7.65. The van der Waals surface area contributed by atoms with Gasteiger partial charge in [0.25, 0.3) is 0 Å². The van der Waals surface area contributed by atoms with E-state index in [-0.39, 0.29) is 24.0 Å². The number of nitrogens with one attached hydrogen (secondary N) is 1. The molecule has 2 fully saturated rings. The summed E-state index contributed by atoms with van der Waals surface area (Å²) >= 11 is 2.33. The predicted molar refractivity (Wildman–Crippen MR) is 109 cm³/mol. The summed E-state index contributed by atoms with van der Waals surface area (Å²) in [4.78, 5) is 6.76. The van der Waals surface area contributed by atoms with Crippen molar-refractivity contribution in [3.8, 4) is 5.75 Å². The molecule has 1 saturated heterocycles. The zero-order valence-corrected chi connectivity index (χ0v) is 17.3. The number of guanidine groups is 1. The monoisotopic (exact) mass is 527 g/mol. The third kappa shape index (κ3) is 4.87. The summed E-state index contributed by atoms with van der Waals surface area (Å²) in [7, 11) is 1.87. The van der Waals surface area contributed by atoms with E-state index in [1.807, 2.05) is 19.2 Å². The first kappa shape index (κ1) is 18.1. The first-order chi connectivity index (χ1) is 10.3. The Morgan fingerprint density at radius 2 is 1.91 bits per heavy atom. The van der Waals surface area contributed by atoms with Gasteiger partial charge in [-0.05, 0) is 47.6 Å². The molecule has 0 aromatic heterocycles. The molecule has 0 atom stereocenters. The highest BCUT2D eigenvalue weighted by atomic mass is 127. The number of likely N-dealkylation sites (tertiary alicyclic amines) is 1. The summed E-state index contributed by atoms with van der Waals surface area (Å²) in [5, 5.41) is 3.52. The lowest BCUT2D eigenvalue weighted by Gasteiger charge is -2.34. The van der Waals surface area contributed by atoms with Gasteiger partial charge in [0, 0.05) is 39.0 Å². The summed E-state index contributed by atoms with van der Waals surface area (Å²) in [5.74, 6) is 2.07. The summed E-state index contributed by atoms with van der Waals surface area (Å²) in [6, 6.07) is 8.89. The predicted octanol–water partition coefficient (Wildman–Crippen LogP) is 3.49. The number of hydrogen-bond donors (Lipinski definition) is 1. The molecule has 1 aromatic rings. The number of para-hydroxylation sites is 1. The highest BCUT2D eigenvalue weighted by molar-refractivity contribution is 14.1. The lowest BCUT2D eigenvalue weighted by atomic mass is 10.1. The number of rotatable bonds is 3. The van der Waals surface area contributed by atoms with E-state index >= 15 is 0 Å². The van der Waals surface area contributed by atoms with Crippen LogP contribution in [0.1, 0.15) is 25.7 Å². The second kappa shape index (κ2) is 8.56. The lowest BCUT2D eigenvalue weighted by molar-refractivity contribution is 0.128. The molecule has 6 heteroatoms. The summed E-state index contributed by atoms with van der Waals surface area (Å²) in [5.41, 5.74) is 0. The maximum absolute atomic E-state index is 6.15. The van der Waals surface area contributed by atoms with Crippen LogP contribution in [0.3, 0.4) is 0 Å². The fraction of sp³-hybridized carbons (Fsp3) is 0.562. The van der Waals surface area contributed by atoms with Gasteiger partial charge in [0.05, 0.1) is 3.57 Å². The highest BCUT2D eigenvalue weighted by Gasteiger charge is 2.27. The third-order valence-corrected chi connectivity index (χ3v) is 4.89. The van der Waals surface area contributed by atoms with Gasteiger partial charge in [0.15, 0.2) is 5.96 Å². The molecule has 22 heavy (non-hydrogen) atoms. The fourth-order valence-electron chi connectivity index (χ4n) is 2.61. The summed E-state index contributed by atoms with van der Waals surface area (Å²) in [6.45, 7) is 2.03. The number of nitrogens with zero attached hydrogens (tertiary/aromatic N) is 2. The van der Waals surface area contributed by atoms with Gasteiger partial charge >= 0.3 is 0 Å². The van der Waals surface area contributed by atoms with E-state index in [9.17, 15) is 0 Å². The lowest BCUT2D eigenvalue weighted by Crippen LogP contribution is -2.48. The van der Waals surface area contributed by atoms with E-state index < -0.39 is 0 Å². The van der Waals surface area contributed by atoms with Crippen molar-refractivity contribution in [1.82, 2.24) is 10.2 Å². The number of benzene rings is 1. The van der Waals surface area contributed by atoms with Crippen LogP contribution in [0.15, 0.2) is 29.3 Å². The normalized spacial score (nSPS) is 19.5. The van der Waals surface area contributed by atoms with Gasteiger partial charge in [-0.15, -0.1) is 24.0 Å². The Labute approximate surface area is 163 Å². The minimum Gasteiger partial charge on any atom is -0.489 e. The number of halogens is 2. The minimum atomic E-state index is 0. The number of piperidine rings is 1. The van der Waals surface area contributed by atoms with Crippen LogP contribution >= 0.6 is 46.6 Å². The Morgan fingerprint density at radius 3 is 2.50 bits per heavy atom. The average molecular weight is 527 g/mol. The number of hydrogen-bond acceptors (Lipinski definition) is 2. The Balaban J connectivity index is 0.00000176. The average Bonchev–Trinajstić information content (AvgIpc) is 3.32. The van der Waals surface area contributed by atoms with Gasteiger partial charge in [-0.1, -0.05) is 12.1 Å². The molecular weight excluding hydrogens is 504 g/mol. The van der Waals surface area contributed by atoms with Gasteiger partial charge in [-0.3, -0.25) is 4.99 Å². The van der Waals surface area contributed by atoms with Gasteiger partial charge in [-0.2, -0.15) is 0 Å². The van der Waals surface area contributed by atoms with E-state index in [1.54, 1.807) is 0 Å². The third-order valence-electron chi connectivity index (χ3n) is 3.99. The van der Waals surface area contributed by atoms with Crippen LogP contribution in [0.25, 0.3) is 0 Å². The van der Waals surface area contributed by atoms with E-state index in [1.165, 1.54) is 16.4 Å². The SMILES string of the molecule is CN=C(NC1CC1)N1CCC(Oc2ccccc2I)CC1.I. The molecule has 1 aromatic carbocycles. The van der Waals surface area contributed by atoms with E-state index in [0.29, 0.717) is 12.1 Å². The molecule has 1 aliphatic heterocycles. The molecule has 0 radical (unpaired) electrons. The van der Waals surface area contributed by atoms with Gasteiger partial charge in [-0.25, -0.2) is 0 Å². The standard InChI is InChI=1S/C16H22IN3O.HI/c1-18-16(19-12-6-7-12)20-10-8-13(9-11-20)21-15-5-3-2-4-14(15)17;/h2-5,12-13H,6-11H2,1H3,(H,18,19);1H. The van der Waals surface area contributed by atoms with Crippen LogP contribution in [-0.2, 0) is 0 Å². The topological polar surface area (TPSA) is 36.9 Å². The molecule has 0 unspecified atom stereocenters. The van der Waals surface area contributed by atoms with Crippen molar-refractivity contribution < 1.29 is 4.74 Å². The molecule has 1 N–H and O–H groups in total. The molecule has 1 heterocycles. The van der Waals surface area contributed by atoms with Crippen LogP contribution in [0.4, 0.5) is 0 Å². The van der Waals surface area contributed by atoms with Crippen molar-refractivity contribution in [3.63, 3.8) is 0 Å². The van der Waals surface area contributed by atoms with E-state index in [4.69, 9.17) is 4.74 Å². The Morgan fingerprint density at radius 1 is 1.23 bits per heavy atom. The fourth-order valence-corrected chi connectivity index (χ4v) is 3.13. The number of aliphatic imine (C=N–C) groups is 1. The molecule has 4 nitrogen and oxygen atoms in total. The quantitative estimate of drug-likeness (QED) is 0.372. The molecule has 1 aliphatic carbocycles. The number of ether oxygens (including phenoxy) is 1. The van der Waals surface area contributed by atoms with Crippen molar-refractivity contribution in [1.29, 1.82) is 0 Å². The van der Waals surface area contributed by atoms with Crippen molar-refractivity contribution in [2.75, 3.05) is 20.1 Å². The van der Waals surface area contributed by atoms with Crippen molar-refractivity contribution in [2.45, 2.75) is 37.8 Å². The Bertz CT molecular complexity index is 512. The minimum absolute atomic E-state index is 0. The molecule has 122 valence electrons. The van der Waals surface area contributed by atoms with Gasteiger partial charge in [0.2, 0.25) is 0 Å². The molecule has 0 bridgehead atoms. The van der Waals surface area contributed by atoms with Crippen LogP contribution < -0.4 is 10.1 Å². The molecule has 3 rings (SSSR count). The van der Waals surface area contributed by atoms with Crippen molar-refractivity contribution >= 4 is 52.5 Å². The van der Waals surface area contributed by atoms with E-state index in [0.717, 1.165) is 37.6 Å². The molecule has 0 amide bonds. The smallest absolute Gasteiger partial charge is 0.193 e. The van der Waals surface area contributed by atoms with Crippen LogP contribution in [0.5, 0.6) is 5.75 Å². The van der Waals surface area contributed by atoms with Crippen LogP contribution in [0.2, 0.25) is 0 Å². The van der Waals surface area contributed by atoms with Crippen LogP contribution in [0, 0.1) is 3.57 Å². The molecule has 1 saturated carbocycles. The molecular formula is C16H23I2N3O. The first-order valence-corrected chi connectivity index (χ1v) is 8.73. The van der Waals surface area contributed by atoms with Gasteiger partial charge < -0.3 is 15.0 Å². The second-order valence-electron chi connectivity index (χ2n) is 5.70. The van der Waals surface area contributed by atoms with E-state index in [2.05, 4.69) is 49.9 Å². The summed E-state index contributed by atoms with van der Waals surface area (Å²) in [6.07, 6.45) is 4.99. The maximum atomic E-state index is 6.15. The zero-order chi connectivity index (χ0) is 14.7. The van der Waals surface area contributed by atoms with Gasteiger partial charge in [0.1, 0.15) is 11.9 Å². The molecule has 2 aliphatic rings. The highest BCUT2D eigenvalue weighted by Crippen LogP contribution is 2.25. The Kier molecular flexibility index (Phi) is 7.04. The molecule has 0 spiro atoms. The largest absolute Gasteiger partial charge is 0.489 e. The summed E-state index contributed by atoms with van der Waals surface area (Å²) < 4.78 is 7.33. The Hall–Kier alpha value is -0.250. The maximum Gasteiger partial charge on any atom is 0.193 e. The van der Waals surface area contributed by atoms with Crippen molar-refractivity contribution in [3.05, 3.63) is 27.8 Å².